The lowest BCUT2D eigenvalue weighted by Crippen LogP contribution is -2.65. The van der Waals surface area contributed by atoms with Gasteiger partial charge in [0.25, 0.3) is 0 Å². The van der Waals surface area contributed by atoms with E-state index in [4.69, 9.17) is 23.7 Å². The SMILES string of the molecule is OC[C@H]1O[C@@H](OC[C@H]2O[C@@H](O[C@@H]3[C@@H](O)[C@H](O)O[C@H](CO)[C@H]3O)[C@H](O)[C@@H](O)[C@@H]2O)[C@H](O)[C@@H](O)[C@@H]1O. The summed E-state index contributed by atoms with van der Waals surface area (Å²) in [6.45, 7) is -2.06. The highest BCUT2D eigenvalue weighted by Crippen LogP contribution is 2.29. The van der Waals surface area contributed by atoms with Crippen LogP contribution in [0.15, 0.2) is 0 Å². The number of rotatable bonds is 7. The Hall–Kier alpha value is -0.640. The predicted molar refractivity (Wildman–Crippen MR) is 101 cm³/mol. The quantitative estimate of drug-likeness (QED) is 0.154. The molecule has 3 fully saturated rings. The third-order valence-corrected chi connectivity index (χ3v) is 6.07. The number of aliphatic hydroxyl groups excluding tert-OH is 11. The van der Waals surface area contributed by atoms with Gasteiger partial charge in [-0.1, -0.05) is 0 Å². The fourth-order valence-electron chi connectivity index (χ4n) is 3.94. The van der Waals surface area contributed by atoms with E-state index in [9.17, 15) is 56.2 Å². The Bertz CT molecular complexity index is 639. The molecule has 0 bridgehead atoms. The van der Waals surface area contributed by atoms with E-state index in [-0.39, 0.29) is 0 Å². The molecular formula is C18H32O16. The van der Waals surface area contributed by atoms with E-state index >= 15 is 0 Å². The molecule has 0 spiro atoms. The fourth-order valence-corrected chi connectivity index (χ4v) is 3.94. The molecule has 3 rings (SSSR count). The Morgan fingerprint density at radius 1 is 0.500 bits per heavy atom. The van der Waals surface area contributed by atoms with Gasteiger partial charge in [-0.2, -0.15) is 0 Å². The maximum absolute atomic E-state index is 10.3. The Labute approximate surface area is 192 Å². The van der Waals surface area contributed by atoms with E-state index < -0.39 is 112 Å². The molecule has 0 aliphatic carbocycles. The van der Waals surface area contributed by atoms with E-state index in [1.54, 1.807) is 0 Å². The minimum atomic E-state index is -1.88. The number of aliphatic hydroxyl groups is 11. The zero-order valence-electron chi connectivity index (χ0n) is 17.7. The average molecular weight is 504 g/mol. The van der Waals surface area contributed by atoms with Crippen LogP contribution in [0.1, 0.15) is 0 Å². The lowest BCUT2D eigenvalue weighted by molar-refractivity contribution is -0.362. The van der Waals surface area contributed by atoms with Crippen LogP contribution >= 0.6 is 0 Å². The molecular weight excluding hydrogens is 472 g/mol. The summed E-state index contributed by atoms with van der Waals surface area (Å²) >= 11 is 0. The second kappa shape index (κ2) is 11.6. The molecule has 0 aromatic heterocycles. The van der Waals surface area contributed by atoms with Gasteiger partial charge in [0.05, 0.1) is 19.8 Å². The third kappa shape index (κ3) is 5.52. The first-order chi connectivity index (χ1) is 16.0. The van der Waals surface area contributed by atoms with E-state index in [1.165, 1.54) is 0 Å². The highest BCUT2D eigenvalue weighted by molar-refractivity contribution is 4.94. The summed E-state index contributed by atoms with van der Waals surface area (Å²) in [5, 5.41) is 109. The Morgan fingerprint density at radius 3 is 1.59 bits per heavy atom. The first-order valence-corrected chi connectivity index (χ1v) is 10.6. The summed E-state index contributed by atoms with van der Waals surface area (Å²) in [6, 6.07) is 0. The normalized spacial score (nSPS) is 52.5. The van der Waals surface area contributed by atoms with Crippen LogP contribution in [0.4, 0.5) is 0 Å². The summed E-state index contributed by atoms with van der Waals surface area (Å²) in [6.07, 6.45) is -25.0. The van der Waals surface area contributed by atoms with Crippen LogP contribution in [-0.2, 0) is 23.7 Å². The maximum Gasteiger partial charge on any atom is 0.187 e. The van der Waals surface area contributed by atoms with Crippen LogP contribution in [0.5, 0.6) is 0 Å². The summed E-state index contributed by atoms with van der Waals surface area (Å²) in [5.41, 5.74) is 0. The van der Waals surface area contributed by atoms with Gasteiger partial charge in [-0.3, -0.25) is 0 Å². The van der Waals surface area contributed by atoms with Crippen LogP contribution in [0.2, 0.25) is 0 Å². The van der Waals surface area contributed by atoms with Gasteiger partial charge in [0.1, 0.15) is 73.2 Å². The molecule has 16 nitrogen and oxygen atoms in total. The smallest absolute Gasteiger partial charge is 0.187 e. The van der Waals surface area contributed by atoms with Crippen molar-refractivity contribution < 1.29 is 79.9 Å². The summed E-state index contributed by atoms with van der Waals surface area (Å²) < 4.78 is 26.1. The van der Waals surface area contributed by atoms with E-state index in [2.05, 4.69) is 0 Å². The highest BCUT2D eigenvalue weighted by Gasteiger charge is 2.51. The molecule has 0 aromatic rings. The van der Waals surface area contributed by atoms with Crippen molar-refractivity contribution in [3.8, 4) is 0 Å². The summed E-state index contributed by atoms with van der Waals surface area (Å²) in [5.74, 6) is 0. The lowest BCUT2D eigenvalue weighted by atomic mass is 9.97. The molecule has 0 unspecified atom stereocenters. The Morgan fingerprint density at radius 2 is 1.00 bits per heavy atom. The largest absolute Gasteiger partial charge is 0.394 e. The molecule has 3 heterocycles. The monoisotopic (exact) mass is 504 g/mol. The Kier molecular flexibility index (Phi) is 9.54. The van der Waals surface area contributed by atoms with Crippen molar-refractivity contribution in [3.63, 3.8) is 0 Å². The fraction of sp³-hybridized carbons (Fsp3) is 1.00. The molecule has 0 aromatic carbocycles. The summed E-state index contributed by atoms with van der Waals surface area (Å²) in [4.78, 5) is 0. The molecule has 0 radical (unpaired) electrons. The van der Waals surface area contributed by atoms with Crippen molar-refractivity contribution in [1.29, 1.82) is 0 Å². The third-order valence-electron chi connectivity index (χ3n) is 6.07. The average Bonchev–Trinajstić information content (AvgIpc) is 2.82. The van der Waals surface area contributed by atoms with Gasteiger partial charge >= 0.3 is 0 Å². The highest BCUT2D eigenvalue weighted by atomic mass is 16.7. The molecule has 34 heavy (non-hydrogen) atoms. The molecule has 3 aliphatic heterocycles. The number of hydrogen-bond donors (Lipinski definition) is 11. The zero-order chi connectivity index (χ0) is 25.3. The first kappa shape index (κ1) is 27.9. The number of ether oxygens (including phenoxy) is 5. The topological polar surface area (TPSA) is 269 Å². The predicted octanol–water partition coefficient (Wildman–Crippen LogP) is -7.57. The van der Waals surface area contributed by atoms with E-state index in [0.29, 0.717) is 0 Å². The maximum atomic E-state index is 10.3. The molecule has 15 atom stereocenters. The van der Waals surface area contributed by atoms with Crippen LogP contribution in [0, 0.1) is 0 Å². The van der Waals surface area contributed by atoms with Gasteiger partial charge in [0, 0.05) is 0 Å². The van der Waals surface area contributed by atoms with Crippen LogP contribution in [0.3, 0.4) is 0 Å². The lowest BCUT2D eigenvalue weighted by Gasteiger charge is -2.45. The first-order valence-electron chi connectivity index (χ1n) is 10.6. The van der Waals surface area contributed by atoms with Gasteiger partial charge in [-0.05, 0) is 0 Å². The van der Waals surface area contributed by atoms with Crippen molar-refractivity contribution in [3.05, 3.63) is 0 Å². The Balaban J connectivity index is 1.66. The van der Waals surface area contributed by atoms with E-state index in [0.717, 1.165) is 0 Å². The second-order valence-corrected chi connectivity index (χ2v) is 8.37. The minimum absolute atomic E-state index is 0.617. The standard InChI is InChI=1S/C18H32O16/c19-1-4-7(21)10(24)12(26)17(32-4)30-3-6-8(22)11(25)13(27)18(33-6)34-15-9(23)5(2-20)31-16(29)14(15)28/h4-29H,1-3H2/t4-,5-,6-,7-,8-,9-,10+,11+,12-,13-,14-,15+,16-,17-,18+/m1/s1. The van der Waals surface area contributed by atoms with Gasteiger partial charge < -0.3 is 79.9 Å². The molecule has 3 aliphatic rings. The van der Waals surface area contributed by atoms with Gasteiger partial charge in [0.15, 0.2) is 18.9 Å². The van der Waals surface area contributed by atoms with Crippen LogP contribution < -0.4 is 0 Å². The second-order valence-electron chi connectivity index (χ2n) is 8.37. The van der Waals surface area contributed by atoms with Crippen molar-refractivity contribution in [2.45, 2.75) is 92.1 Å². The van der Waals surface area contributed by atoms with Crippen molar-refractivity contribution in [1.82, 2.24) is 0 Å². The molecule has 200 valence electrons. The van der Waals surface area contributed by atoms with Crippen molar-refractivity contribution in [2.75, 3.05) is 19.8 Å². The zero-order valence-corrected chi connectivity index (χ0v) is 17.7. The molecule has 0 amide bonds. The molecule has 16 heteroatoms. The minimum Gasteiger partial charge on any atom is -0.394 e. The van der Waals surface area contributed by atoms with Crippen LogP contribution in [0.25, 0.3) is 0 Å². The van der Waals surface area contributed by atoms with Gasteiger partial charge in [-0.25, -0.2) is 0 Å². The number of hydrogen-bond acceptors (Lipinski definition) is 16. The molecule has 11 N–H and O–H groups in total. The molecule has 3 saturated heterocycles. The van der Waals surface area contributed by atoms with Gasteiger partial charge in [0.2, 0.25) is 0 Å². The van der Waals surface area contributed by atoms with Crippen LogP contribution in [-0.4, -0.2) is 168 Å². The van der Waals surface area contributed by atoms with Crippen molar-refractivity contribution in [2.24, 2.45) is 0 Å². The van der Waals surface area contributed by atoms with Crippen molar-refractivity contribution >= 4 is 0 Å². The van der Waals surface area contributed by atoms with Gasteiger partial charge in [-0.15, -0.1) is 0 Å². The molecule has 0 saturated carbocycles. The summed E-state index contributed by atoms with van der Waals surface area (Å²) in [7, 11) is 0. The van der Waals surface area contributed by atoms with E-state index in [1.807, 2.05) is 0 Å².